The van der Waals surface area contributed by atoms with Crippen LogP contribution in [0.4, 0.5) is 4.79 Å². The van der Waals surface area contributed by atoms with Crippen LogP contribution in [-0.4, -0.2) is 40.2 Å². The lowest BCUT2D eigenvalue weighted by atomic mass is 10.1. The van der Waals surface area contributed by atoms with Gasteiger partial charge in [-0.05, 0) is 37.5 Å². The lowest BCUT2D eigenvalue weighted by molar-refractivity contribution is -0.143. The molecule has 0 saturated carbocycles. The second-order valence-corrected chi connectivity index (χ2v) is 8.13. The predicted molar refractivity (Wildman–Crippen MR) is 109 cm³/mol. The summed E-state index contributed by atoms with van der Waals surface area (Å²) in [4.78, 5) is 24.0. The first-order valence-electron chi connectivity index (χ1n) is 9.33. The third-order valence-electron chi connectivity index (χ3n) is 4.18. The second-order valence-electron chi connectivity index (χ2n) is 6.51. The summed E-state index contributed by atoms with van der Waals surface area (Å²) in [5, 5.41) is 2.43. The number of carbonyl (C=O) groups excluding carboxylic acids is 2. The molecule has 0 aliphatic heterocycles. The normalized spacial score (nSPS) is 12.1. The number of carbonyl (C=O) groups is 2. The molecule has 30 heavy (non-hydrogen) atoms. The molecular weight excluding hydrogens is 410 g/mol. The number of methoxy groups -OCH3 is 1. The Bertz CT molecular complexity index is 928. The molecule has 1 atom stereocenters. The zero-order valence-corrected chi connectivity index (χ0v) is 17.7. The van der Waals surface area contributed by atoms with Crippen molar-refractivity contribution in [3.63, 3.8) is 0 Å². The second kappa shape index (κ2) is 11.3. The Morgan fingerprint density at radius 2 is 1.70 bits per heavy atom. The van der Waals surface area contributed by atoms with Crippen molar-refractivity contribution in [3.8, 4) is 0 Å². The van der Waals surface area contributed by atoms with Crippen LogP contribution < -0.4 is 5.32 Å². The summed E-state index contributed by atoms with van der Waals surface area (Å²) in [6.45, 7) is 1.75. The first-order valence-corrected chi connectivity index (χ1v) is 10.7. The average Bonchev–Trinajstić information content (AvgIpc) is 2.75. The minimum absolute atomic E-state index is 0.0540. The highest BCUT2D eigenvalue weighted by molar-refractivity contribution is 7.86. The SMILES string of the molecule is COC(=O)[C@H](CCCOS(=O)(=O)c1ccc(C)cc1)NC(=O)OCc1ccccc1. The van der Waals surface area contributed by atoms with Crippen LogP contribution in [0.15, 0.2) is 59.5 Å². The van der Waals surface area contributed by atoms with Crippen molar-refractivity contribution >= 4 is 22.2 Å². The molecule has 0 aliphatic rings. The van der Waals surface area contributed by atoms with Gasteiger partial charge in [-0.15, -0.1) is 0 Å². The van der Waals surface area contributed by atoms with Gasteiger partial charge in [0, 0.05) is 0 Å². The quantitative estimate of drug-likeness (QED) is 0.347. The fourth-order valence-electron chi connectivity index (χ4n) is 2.53. The number of alkyl carbamates (subject to hydrolysis) is 1. The van der Waals surface area contributed by atoms with Crippen LogP contribution in [0, 0.1) is 6.92 Å². The van der Waals surface area contributed by atoms with Crippen LogP contribution in [0.1, 0.15) is 24.0 Å². The monoisotopic (exact) mass is 435 g/mol. The van der Waals surface area contributed by atoms with E-state index in [-0.39, 0.29) is 31.0 Å². The van der Waals surface area contributed by atoms with Crippen LogP contribution in [0.25, 0.3) is 0 Å². The number of hydrogen-bond acceptors (Lipinski definition) is 7. The summed E-state index contributed by atoms with van der Waals surface area (Å²) in [6, 6.07) is 14.4. The lowest BCUT2D eigenvalue weighted by Crippen LogP contribution is -2.41. The van der Waals surface area contributed by atoms with E-state index in [9.17, 15) is 18.0 Å². The summed E-state index contributed by atoms with van der Waals surface area (Å²) in [6.07, 6.45) is -0.456. The number of rotatable bonds is 10. The van der Waals surface area contributed by atoms with Gasteiger partial charge in [0.2, 0.25) is 0 Å². The topological polar surface area (TPSA) is 108 Å². The smallest absolute Gasteiger partial charge is 0.408 e. The summed E-state index contributed by atoms with van der Waals surface area (Å²) in [5.41, 5.74) is 1.73. The summed E-state index contributed by atoms with van der Waals surface area (Å²) >= 11 is 0. The Labute approximate surface area is 176 Å². The maximum Gasteiger partial charge on any atom is 0.408 e. The minimum atomic E-state index is -3.89. The van der Waals surface area contributed by atoms with E-state index in [1.165, 1.54) is 19.2 Å². The summed E-state index contributed by atoms with van der Waals surface area (Å²) in [7, 11) is -2.69. The Kier molecular flexibility index (Phi) is 8.82. The third-order valence-corrected chi connectivity index (χ3v) is 5.50. The molecule has 0 unspecified atom stereocenters. The molecule has 0 fully saturated rings. The molecule has 0 aromatic heterocycles. The standard InChI is InChI=1S/C21H25NO7S/c1-16-10-12-18(13-11-16)30(25,26)29-14-6-9-19(20(23)27-2)22-21(24)28-15-17-7-4-3-5-8-17/h3-5,7-8,10-13,19H,6,9,14-15H2,1-2H3,(H,22,24)/t19-/m0/s1. The molecular formula is C21H25NO7S. The maximum atomic E-state index is 12.2. The van der Waals surface area contributed by atoms with Crippen molar-refractivity contribution in [3.05, 3.63) is 65.7 Å². The molecule has 0 spiro atoms. The van der Waals surface area contributed by atoms with Gasteiger partial charge in [-0.25, -0.2) is 9.59 Å². The number of benzene rings is 2. The lowest BCUT2D eigenvalue weighted by Gasteiger charge is -2.16. The number of amides is 1. The van der Waals surface area contributed by atoms with Crippen molar-refractivity contribution in [2.45, 2.75) is 37.3 Å². The first kappa shape index (κ1) is 23.4. The number of hydrogen-bond donors (Lipinski definition) is 1. The maximum absolute atomic E-state index is 12.2. The molecule has 8 nitrogen and oxygen atoms in total. The van der Waals surface area contributed by atoms with E-state index in [1.54, 1.807) is 24.3 Å². The highest BCUT2D eigenvalue weighted by atomic mass is 32.2. The molecule has 0 aliphatic carbocycles. The Hall–Kier alpha value is -2.91. The zero-order valence-electron chi connectivity index (χ0n) is 16.9. The molecule has 1 amide bonds. The average molecular weight is 435 g/mol. The van der Waals surface area contributed by atoms with Gasteiger partial charge >= 0.3 is 12.1 Å². The molecule has 9 heteroatoms. The molecule has 2 rings (SSSR count). The van der Waals surface area contributed by atoms with Gasteiger partial charge in [-0.3, -0.25) is 4.18 Å². The molecule has 0 radical (unpaired) electrons. The van der Waals surface area contributed by atoms with Gasteiger partial charge < -0.3 is 14.8 Å². The molecule has 2 aromatic carbocycles. The van der Waals surface area contributed by atoms with E-state index < -0.39 is 28.2 Å². The number of nitrogens with one attached hydrogen (secondary N) is 1. The van der Waals surface area contributed by atoms with Crippen molar-refractivity contribution in [2.24, 2.45) is 0 Å². The fraction of sp³-hybridized carbons (Fsp3) is 0.333. The van der Waals surface area contributed by atoms with Crippen LogP contribution in [0.5, 0.6) is 0 Å². The van der Waals surface area contributed by atoms with Crippen LogP contribution in [0.2, 0.25) is 0 Å². The molecule has 0 saturated heterocycles. The van der Waals surface area contributed by atoms with Gasteiger partial charge in [-0.2, -0.15) is 8.42 Å². The van der Waals surface area contributed by atoms with Crippen molar-refractivity contribution in [2.75, 3.05) is 13.7 Å². The van der Waals surface area contributed by atoms with E-state index in [0.29, 0.717) is 0 Å². The molecule has 162 valence electrons. The van der Waals surface area contributed by atoms with Crippen molar-refractivity contribution < 1.29 is 31.7 Å². The zero-order chi connectivity index (χ0) is 22.0. The molecule has 0 heterocycles. The van der Waals surface area contributed by atoms with E-state index >= 15 is 0 Å². The Morgan fingerprint density at radius 1 is 1.03 bits per heavy atom. The fourth-order valence-corrected chi connectivity index (χ4v) is 3.47. The third kappa shape index (κ3) is 7.49. The van der Waals surface area contributed by atoms with E-state index in [2.05, 4.69) is 10.1 Å². The van der Waals surface area contributed by atoms with Gasteiger partial charge in [-0.1, -0.05) is 48.0 Å². The van der Waals surface area contributed by atoms with Gasteiger partial charge in [0.15, 0.2) is 0 Å². The van der Waals surface area contributed by atoms with Gasteiger partial charge in [0.1, 0.15) is 12.6 Å². The van der Waals surface area contributed by atoms with Crippen LogP contribution in [0.3, 0.4) is 0 Å². The Morgan fingerprint density at radius 3 is 2.33 bits per heavy atom. The largest absolute Gasteiger partial charge is 0.467 e. The van der Waals surface area contributed by atoms with Crippen molar-refractivity contribution in [1.29, 1.82) is 0 Å². The summed E-state index contributed by atoms with van der Waals surface area (Å²) < 4.78 is 39.1. The van der Waals surface area contributed by atoms with Gasteiger partial charge in [0.05, 0.1) is 18.6 Å². The van der Waals surface area contributed by atoms with Crippen molar-refractivity contribution in [1.82, 2.24) is 5.32 Å². The van der Waals surface area contributed by atoms with E-state index in [4.69, 9.17) is 8.92 Å². The van der Waals surface area contributed by atoms with E-state index in [0.717, 1.165) is 11.1 Å². The first-order chi connectivity index (χ1) is 14.3. The van der Waals surface area contributed by atoms with Gasteiger partial charge in [0.25, 0.3) is 10.1 Å². The Balaban J connectivity index is 1.82. The number of esters is 1. The van der Waals surface area contributed by atoms with Crippen LogP contribution >= 0.6 is 0 Å². The highest BCUT2D eigenvalue weighted by Gasteiger charge is 2.23. The predicted octanol–water partition coefficient (Wildman–Crippen LogP) is 2.95. The molecule has 2 aromatic rings. The van der Waals surface area contributed by atoms with Crippen LogP contribution in [-0.2, 0) is 35.2 Å². The number of aryl methyl sites for hydroxylation is 1. The number of ether oxygens (including phenoxy) is 2. The highest BCUT2D eigenvalue weighted by Crippen LogP contribution is 2.14. The summed E-state index contributed by atoms with van der Waals surface area (Å²) in [5.74, 6) is -0.659. The van der Waals surface area contributed by atoms with E-state index in [1.807, 2.05) is 25.1 Å². The molecule has 0 bridgehead atoms. The molecule has 1 N–H and O–H groups in total. The minimum Gasteiger partial charge on any atom is -0.467 e.